The highest BCUT2D eigenvalue weighted by atomic mass is 32.1. The summed E-state index contributed by atoms with van der Waals surface area (Å²) in [4.78, 5) is 26.1. The van der Waals surface area contributed by atoms with Gasteiger partial charge in [0.1, 0.15) is 5.01 Å². The first-order chi connectivity index (χ1) is 16.2. The van der Waals surface area contributed by atoms with Crippen LogP contribution in [0.1, 0.15) is 11.1 Å². The molecule has 2 aromatic carbocycles. The molecular formula is C27H26N4OS. The number of nitrogens with zero attached hydrogens (tertiary/aromatic N) is 4. The molecule has 1 amide bonds. The summed E-state index contributed by atoms with van der Waals surface area (Å²) in [5.74, 6) is 0.204. The van der Waals surface area contributed by atoms with Crippen LogP contribution in [0.5, 0.6) is 0 Å². The van der Waals surface area contributed by atoms with E-state index in [4.69, 9.17) is 4.98 Å². The zero-order valence-corrected chi connectivity index (χ0v) is 19.2. The Morgan fingerprint density at radius 2 is 1.55 bits per heavy atom. The van der Waals surface area contributed by atoms with Gasteiger partial charge in [-0.05, 0) is 23.3 Å². The van der Waals surface area contributed by atoms with Gasteiger partial charge < -0.3 is 4.90 Å². The van der Waals surface area contributed by atoms with Crippen molar-refractivity contribution in [3.05, 3.63) is 95.6 Å². The molecule has 5 rings (SSSR count). The summed E-state index contributed by atoms with van der Waals surface area (Å²) in [7, 11) is 0. The lowest BCUT2D eigenvalue weighted by atomic mass is 10.1. The molecule has 166 valence electrons. The Morgan fingerprint density at radius 3 is 2.27 bits per heavy atom. The monoisotopic (exact) mass is 454 g/mol. The summed E-state index contributed by atoms with van der Waals surface area (Å²) < 4.78 is 0. The minimum Gasteiger partial charge on any atom is -0.340 e. The predicted octanol–water partition coefficient (Wildman–Crippen LogP) is 4.76. The van der Waals surface area contributed by atoms with E-state index >= 15 is 0 Å². The van der Waals surface area contributed by atoms with E-state index in [0.717, 1.165) is 60.1 Å². The van der Waals surface area contributed by atoms with Crippen molar-refractivity contribution in [2.75, 3.05) is 26.2 Å². The molecule has 4 aromatic rings. The number of thiazole rings is 1. The maximum absolute atomic E-state index is 12.8. The van der Waals surface area contributed by atoms with E-state index in [2.05, 4.69) is 51.7 Å². The van der Waals surface area contributed by atoms with Gasteiger partial charge in [-0.15, -0.1) is 11.3 Å². The van der Waals surface area contributed by atoms with Gasteiger partial charge in [-0.25, -0.2) is 4.98 Å². The van der Waals surface area contributed by atoms with Crippen molar-refractivity contribution in [3.63, 3.8) is 0 Å². The van der Waals surface area contributed by atoms with Crippen molar-refractivity contribution < 1.29 is 4.79 Å². The number of hydrogen-bond acceptors (Lipinski definition) is 5. The molecule has 0 saturated carbocycles. The first-order valence-corrected chi connectivity index (χ1v) is 12.1. The molecule has 1 aliphatic heterocycles. The summed E-state index contributed by atoms with van der Waals surface area (Å²) >= 11 is 1.63. The number of pyridine rings is 1. The molecule has 0 spiro atoms. The highest BCUT2D eigenvalue weighted by Gasteiger charge is 2.21. The van der Waals surface area contributed by atoms with Crippen LogP contribution >= 0.6 is 11.3 Å². The number of benzene rings is 2. The molecule has 0 atom stereocenters. The quantitative estimate of drug-likeness (QED) is 0.422. The largest absolute Gasteiger partial charge is 0.340 e. The Kier molecular flexibility index (Phi) is 6.56. The molecule has 0 N–H and O–H groups in total. The predicted molar refractivity (Wildman–Crippen MR) is 133 cm³/mol. The molecule has 0 aliphatic carbocycles. The number of piperazine rings is 1. The second kappa shape index (κ2) is 10.1. The van der Waals surface area contributed by atoms with Gasteiger partial charge in [0, 0.05) is 61.6 Å². The minimum atomic E-state index is 0.204. The molecule has 3 heterocycles. The smallest absolute Gasteiger partial charge is 0.227 e. The van der Waals surface area contributed by atoms with Crippen LogP contribution in [-0.4, -0.2) is 51.9 Å². The Hall–Kier alpha value is -3.35. The van der Waals surface area contributed by atoms with Gasteiger partial charge in [0.05, 0.1) is 12.1 Å². The number of carbonyl (C=O) groups excluding carboxylic acids is 1. The van der Waals surface area contributed by atoms with Crippen LogP contribution in [0, 0.1) is 0 Å². The van der Waals surface area contributed by atoms with Crippen molar-refractivity contribution in [3.8, 4) is 21.8 Å². The van der Waals surface area contributed by atoms with E-state index in [1.807, 2.05) is 35.2 Å². The zero-order chi connectivity index (χ0) is 22.5. The second-order valence-corrected chi connectivity index (χ2v) is 9.15. The van der Waals surface area contributed by atoms with Crippen molar-refractivity contribution in [2.45, 2.75) is 13.0 Å². The van der Waals surface area contributed by atoms with E-state index in [1.165, 1.54) is 5.56 Å². The van der Waals surface area contributed by atoms with Gasteiger partial charge in [0.2, 0.25) is 5.91 Å². The standard InChI is InChI=1S/C27H26N4OS/c32-26(31-16-14-30(15-17-31)19-22-4-2-1-3-5-22)18-21-6-8-23(9-7-21)25-20-33-27(29-25)24-10-12-28-13-11-24/h1-13,20H,14-19H2. The van der Waals surface area contributed by atoms with Gasteiger partial charge >= 0.3 is 0 Å². The first kappa shape index (κ1) is 21.5. The molecule has 1 fully saturated rings. The molecule has 1 saturated heterocycles. The molecule has 0 bridgehead atoms. The Labute approximate surface area is 198 Å². The van der Waals surface area contributed by atoms with Crippen LogP contribution in [-0.2, 0) is 17.8 Å². The van der Waals surface area contributed by atoms with Crippen LogP contribution in [0.3, 0.4) is 0 Å². The van der Waals surface area contributed by atoms with Crippen molar-refractivity contribution in [1.29, 1.82) is 0 Å². The third-order valence-electron chi connectivity index (χ3n) is 6.01. The van der Waals surface area contributed by atoms with E-state index in [-0.39, 0.29) is 5.91 Å². The lowest BCUT2D eigenvalue weighted by molar-refractivity contribution is -0.132. The number of hydrogen-bond donors (Lipinski definition) is 0. The average Bonchev–Trinajstić information content (AvgIpc) is 3.37. The molecule has 1 aliphatic rings. The van der Waals surface area contributed by atoms with E-state index in [9.17, 15) is 4.79 Å². The number of carbonyl (C=O) groups is 1. The Balaban J connectivity index is 1.15. The summed E-state index contributed by atoms with van der Waals surface area (Å²) in [5.41, 5.74) is 5.47. The summed E-state index contributed by atoms with van der Waals surface area (Å²) in [6.07, 6.45) is 4.01. The van der Waals surface area contributed by atoms with Gasteiger partial charge in [-0.3, -0.25) is 14.7 Å². The van der Waals surface area contributed by atoms with E-state index < -0.39 is 0 Å². The lowest BCUT2D eigenvalue weighted by Gasteiger charge is -2.34. The molecule has 33 heavy (non-hydrogen) atoms. The van der Waals surface area contributed by atoms with Crippen LogP contribution in [0.15, 0.2) is 84.5 Å². The molecule has 5 nitrogen and oxygen atoms in total. The fraction of sp³-hybridized carbons (Fsp3) is 0.222. The number of aromatic nitrogens is 2. The SMILES string of the molecule is O=C(Cc1ccc(-c2csc(-c3ccncc3)n2)cc1)N1CCN(Cc2ccccc2)CC1. The summed E-state index contributed by atoms with van der Waals surface area (Å²) in [5, 5.41) is 3.06. The molecule has 0 radical (unpaired) electrons. The lowest BCUT2D eigenvalue weighted by Crippen LogP contribution is -2.48. The Morgan fingerprint density at radius 1 is 0.818 bits per heavy atom. The highest BCUT2D eigenvalue weighted by molar-refractivity contribution is 7.13. The maximum atomic E-state index is 12.8. The van der Waals surface area contributed by atoms with Crippen molar-refractivity contribution >= 4 is 17.2 Å². The molecule has 6 heteroatoms. The van der Waals surface area contributed by atoms with E-state index in [1.54, 1.807) is 23.7 Å². The topological polar surface area (TPSA) is 49.3 Å². The van der Waals surface area contributed by atoms with Crippen LogP contribution < -0.4 is 0 Å². The van der Waals surface area contributed by atoms with Crippen molar-refractivity contribution in [2.24, 2.45) is 0 Å². The Bertz CT molecular complexity index is 1180. The van der Waals surface area contributed by atoms with Gasteiger partial charge in [0.15, 0.2) is 0 Å². The number of amides is 1. The molecule has 2 aromatic heterocycles. The first-order valence-electron chi connectivity index (χ1n) is 11.2. The molecule has 0 unspecified atom stereocenters. The summed E-state index contributed by atoms with van der Waals surface area (Å²) in [6, 6.07) is 22.7. The van der Waals surface area contributed by atoms with Crippen LogP contribution in [0.25, 0.3) is 21.8 Å². The van der Waals surface area contributed by atoms with Gasteiger partial charge in [-0.2, -0.15) is 0 Å². The highest BCUT2D eigenvalue weighted by Crippen LogP contribution is 2.28. The van der Waals surface area contributed by atoms with Crippen LogP contribution in [0.2, 0.25) is 0 Å². The molecular weight excluding hydrogens is 428 g/mol. The normalized spacial score (nSPS) is 14.4. The maximum Gasteiger partial charge on any atom is 0.227 e. The van der Waals surface area contributed by atoms with Gasteiger partial charge in [-0.1, -0.05) is 54.6 Å². The average molecular weight is 455 g/mol. The van der Waals surface area contributed by atoms with Crippen LogP contribution in [0.4, 0.5) is 0 Å². The second-order valence-electron chi connectivity index (χ2n) is 8.29. The van der Waals surface area contributed by atoms with E-state index in [0.29, 0.717) is 6.42 Å². The number of rotatable bonds is 6. The zero-order valence-electron chi connectivity index (χ0n) is 18.4. The third-order valence-corrected chi connectivity index (χ3v) is 6.90. The summed E-state index contributed by atoms with van der Waals surface area (Å²) in [6.45, 7) is 4.37. The van der Waals surface area contributed by atoms with Gasteiger partial charge in [0.25, 0.3) is 0 Å². The fourth-order valence-electron chi connectivity index (χ4n) is 4.11. The third kappa shape index (κ3) is 5.35. The minimum absolute atomic E-state index is 0.204. The van der Waals surface area contributed by atoms with Crippen molar-refractivity contribution in [1.82, 2.24) is 19.8 Å². The fourth-order valence-corrected chi connectivity index (χ4v) is 4.95.